The molecule has 9 heteroatoms. The molecule has 2 fully saturated rings. The van der Waals surface area contributed by atoms with Gasteiger partial charge in [0.15, 0.2) is 5.16 Å². The highest BCUT2D eigenvalue weighted by molar-refractivity contribution is 7.99. The number of nitrogens with one attached hydrogen (secondary N) is 2. The van der Waals surface area contributed by atoms with E-state index in [1.54, 1.807) is 0 Å². The molecule has 0 atom stereocenters. The maximum atomic E-state index is 12.7. The average molecular weight is 408 g/mol. The lowest BCUT2D eigenvalue weighted by molar-refractivity contribution is -0.139. The quantitative estimate of drug-likeness (QED) is 0.558. The Labute approximate surface area is 169 Å². The third-order valence-corrected chi connectivity index (χ3v) is 6.38. The first-order valence-corrected chi connectivity index (χ1v) is 10.8. The highest BCUT2D eigenvalue weighted by Gasteiger charge is 2.52. The molecule has 0 aromatic carbocycles. The molecule has 1 aromatic heterocycles. The molecule has 28 heavy (non-hydrogen) atoms. The fourth-order valence-electron chi connectivity index (χ4n) is 3.82. The summed E-state index contributed by atoms with van der Waals surface area (Å²) in [6.45, 7) is 9.06. The second-order valence-electron chi connectivity index (χ2n) is 8.11. The fourth-order valence-corrected chi connectivity index (χ4v) is 4.71. The molecule has 8 nitrogen and oxygen atoms in total. The molecule has 1 aliphatic carbocycles. The van der Waals surface area contributed by atoms with Gasteiger partial charge in [0.25, 0.3) is 5.91 Å². The molecule has 0 bridgehead atoms. The monoisotopic (exact) mass is 407 g/mol. The number of hydrogen-bond donors (Lipinski definition) is 2. The lowest BCUT2D eigenvalue weighted by Crippen LogP contribution is -2.51. The van der Waals surface area contributed by atoms with Gasteiger partial charge in [-0.05, 0) is 32.6 Å². The van der Waals surface area contributed by atoms with Crippen LogP contribution in [0.3, 0.4) is 0 Å². The molecule has 1 spiro atoms. The normalized spacial score (nSPS) is 18.8. The molecule has 2 aliphatic rings. The van der Waals surface area contributed by atoms with Gasteiger partial charge < -0.3 is 9.88 Å². The van der Waals surface area contributed by atoms with Gasteiger partial charge in [0, 0.05) is 12.2 Å². The molecule has 4 amide bonds. The first-order chi connectivity index (χ1) is 13.2. The summed E-state index contributed by atoms with van der Waals surface area (Å²) in [6.07, 6.45) is 4.13. The van der Waals surface area contributed by atoms with Gasteiger partial charge in [0.05, 0.1) is 11.4 Å². The van der Waals surface area contributed by atoms with Gasteiger partial charge >= 0.3 is 6.03 Å². The van der Waals surface area contributed by atoms with E-state index in [1.165, 1.54) is 11.8 Å². The number of imidazole rings is 1. The number of urea groups is 1. The summed E-state index contributed by atoms with van der Waals surface area (Å²) in [5, 5.41) is 4.42. The van der Waals surface area contributed by atoms with Gasteiger partial charge in [-0.3, -0.25) is 15.0 Å². The maximum Gasteiger partial charge on any atom is 0.344 e. The zero-order chi connectivity index (χ0) is 20.5. The van der Waals surface area contributed by atoms with Gasteiger partial charge in [0.2, 0.25) is 5.91 Å². The van der Waals surface area contributed by atoms with E-state index >= 15 is 0 Å². The van der Waals surface area contributed by atoms with Crippen LogP contribution >= 0.6 is 11.8 Å². The van der Waals surface area contributed by atoms with Gasteiger partial charge in [-0.1, -0.05) is 44.9 Å². The van der Waals surface area contributed by atoms with Crippen molar-refractivity contribution in [3.8, 4) is 0 Å². The minimum atomic E-state index is -0.836. The minimum absolute atomic E-state index is 0.0814. The van der Waals surface area contributed by atoms with Gasteiger partial charge in [-0.15, -0.1) is 0 Å². The van der Waals surface area contributed by atoms with Crippen LogP contribution in [-0.2, 0) is 16.1 Å². The van der Waals surface area contributed by atoms with E-state index in [0.29, 0.717) is 18.8 Å². The smallest absolute Gasteiger partial charge is 0.323 e. The molecule has 1 saturated heterocycles. The Balaban J connectivity index is 1.61. The predicted octanol–water partition coefficient (Wildman–Crippen LogP) is 2.53. The maximum absolute atomic E-state index is 12.7. The number of amides is 4. The van der Waals surface area contributed by atoms with E-state index in [-0.39, 0.29) is 11.7 Å². The van der Waals surface area contributed by atoms with E-state index in [4.69, 9.17) is 0 Å². The Bertz CT molecular complexity index is 783. The van der Waals surface area contributed by atoms with Crippen LogP contribution in [0.4, 0.5) is 4.79 Å². The van der Waals surface area contributed by atoms with Crippen LogP contribution in [0.2, 0.25) is 0 Å². The number of hydrazine groups is 1. The lowest BCUT2D eigenvalue weighted by Gasteiger charge is -2.30. The molecular formula is C19H29N5O3S. The first kappa shape index (κ1) is 20.7. The summed E-state index contributed by atoms with van der Waals surface area (Å²) in [6, 6.07) is -0.543. The molecule has 0 radical (unpaired) electrons. The van der Waals surface area contributed by atoms with E-state index in [1.807, 2.05) is 13.8 Å². The predicted molar refractivity (Wildman–Crippen MR) is 107 cm³/mol. The highest BCUT2D eigenvalue weighted by Crippen LogP contribution is 2.33. The van der Waals surface area contributed by atoms with Crippen molar-refractivity contribution in [2.75, 3.05) is 5.75 Å². The molecule has 3 rings (SSSR count). The fraction of sp³-hybridized carbons (Fsp3) is 0.684. The van der Waals surface area contributed by atoms with Crippen LogP contribution in [0, 0.1) is 19.8 Å². The summed E-state index contributed by atoms with van der Waals surface area (Å²) in [4.78, 5) is 41.9. The van der Waals surface area contributed by atoms with Crippen molar-refractivity contribution in [3.05, 3.63) is 11.4 Å². The van der Waals surface area contributed by atoms with E-state index in [2.05, 4.69) is 34.1 Å². The molecule has 1 saturated carbocycles. The molecule has 0 unspecified atom stereocenters. The van der Waals surface area contributed by atoms with Crippen molar-refractivity contribution >= 4 is 29.6 Å². The van der Waals surface area contributed by atoms with Crippen molar-refractivity contribution in [2.45, 2.75) is 77.0 Å². The number of carbonyl (C=O) groups excluding carboxylic acids is 3. The Morgan fingerprint density at radius 1 is 1.25 bits per heavy atom. The number of aryl methyl sites for hydroxylation is 1. The van der Waals surface area contributed by atoms with Crippen LogP contribution in [0.25, 0.3) is 0 Å². The van der Waals surface area contributed by atoms with E-state index in [0.717, 1.165) is 47.4 Å². The number of thioether (sulfide) groups is 1. The number of carbonyl (C=O) groups is 3. The number of nitrogens with zero attached hydrogens (tertiary/aromatic N) is 3. The number of aromatic nitrogens is 2. The Morgan fingerprint density at radius 2 is 1.93 bits per heavy atom. The zero-order valence-corrected chi connectivity index (χ0v) is 17.8. The van der Waals surface area contributed by atoms with Gasteiger partial charge in [0.1, 0.15) is 5.54 Å². The van der Waals surface area contributed by atoms with Crippen LogP contribution in [-0.4, -0.2) is 43.7 Å². The standard InChI is InChI=1S/C19H29N5O3S/c1-12(2)10-23-14(4)13(3)20-18(23)28-11-15(25)22-24-16(26)19(21-17(24)27)8-6-5-7-9-19/h12H,5-11H2,1-4H3,(H,21,27)(H,22,25). The summed E-state index contributed by atoms with van der Waals surface area (Å²) in [5.74, 6) is -0.199. The molecule has 1 aromatic rings. The largest absolute Gasteiger partial charge is 0.344 e. The number of hydrogen-bond acceptors (Lipinski definition) is 5. The van der Waals surface area contributed by atoms with E-state index < -0.39 is 17.5 Å². The summed E-state index contributed by atoms with van der Waals surface area (Å²) < 4.78 is 2.11. The third-order valence-electron chi connectivity index (χ3n) is 5.41. The van der Waals surface area contributed by atoms with Crippen LogP contribution in [0.1, 0.15) is 57.3 Å². The topological polar surface area (TPSA) is 96.3 Å². The minimum Gasteiger partial charge on any atom is -0.323 e. The summed E-state index contributed by atoms with van der Waals surface area (Å²) in [7, 11) is 0. The van der Waals surface area contributed by atoms with Crippen LogP contribution in [0.15, 0.2) is 5.16 Å². The zero-order valence-electron chi connectivity index (χ0n) is 17.0. The van der Waals surface area contributed by atoms with Crippen LogP contribution in [0.5, 0.6) is 0 Å². The third kappa shape index (κ3) is 4.04. The molecule has 2 N–H and O–H groups in total. The first-order valence-electron chi connectivity index (χ1n) is 9.86. The van der Waals surface area contributed by atoms with Crippen molar-refractivity contribution in [2.24, 2.45) is 5.92 Å². The SMILES string of the molecule is Cc1nc(SCC(=O)NN2C(=O)NC3(CCCCC3)C2=O)n(CC(C)C)c1C. The second kappa shape index (κ2) is 8.14. The average Bonchev–Trinajstić information content (AvgIpc) is 3.03. The van der Waals surface area contributed by atoms with Crippen molar-refractivity contribution in [1.82, 2.24) is 25.3 Å². The Kier molecular flexibility index (Phi) is 6.02. The second-order valence-corrected chi connectivity index (χ2v) is 9.05. The summed E-state index contributed by atoms with van der Waals surface area (Å²) >= 11 is 1.32. The van der Waals surface area contributed by atoms with E-state index in [9.17, 15) is 14.4 Å². The van der Waals surface area contributed by atoms with Crippen molar-refractivity contribution in [3.63, 3.8) is 0 Å². The summed E-state index contributed by atoms with van der Waals surface area (Å²) in [5.41, 5.74) is 3.67. The number of imide groups is 1. The molecule has 2 heterocycles. The molecule has 154 valence electrons. The highest BCUT2D eigenvalue weighted by atomic mass is 32.2. The Morgan fingerprint density at radius 3 is 2.57 bits per heavy atom. The molecular weight excluding hydrogens is 378 g/mol. The molecule has 1 aliphatic heterocycles. The number of rotatable bonds is 6. The van der Waals surface area contributed by atoms with Crippen LogP contribution < -0.4 is 10.7 Å². The Hall–Kier alpha value is -2.03. The van der Waals surface area contributed by atoms with Crippen molar-refractivity contribution in [1.29, 1.82) is 0 Å². The van der Waals surface area contributed by atoms with Gasteiger partial charge in [-0.2, -0.15) is 5.01 Å². The van der Waals surface area contributed by atoms with Crippen molar-refractivity contribution < 1.29 is 14.4 Å². The van der Waals surface area contributed by atoms with Gasteiger partial charge in [-0.25, -0.2) is 9.78 Å². The lowest BCUT2D eigenvalue weighted by atomic mass is 9.82.